The normalized spacial score (nSPS) is 16.7. The van der Waals surface area contributed by atoms with Gasteiger partial charge in [-0.15, -0.1) is 11.3 Å². The Labute approximate surface area is 120 Å². The largest absolute Gasteiger partial charge is 0.221 e. The van der Waals surface area contributed by atoms with Crippen LogP contribution in [0.2, 0.25) is 5.15 Å². The third kappa shape index (κ3) is 1.69. The van der Waals surface area contributed by atoms with Crippen molar-refractivity contribution in [2.75, 3.05) is 0 Å². The first kappa shape index (κ1) is 11.4. The highest BCUT2D eigenvalue weighted by atomic mass is 35.5. The van der Waals surface area contributed by atoms with Crippen LogP contribution in [0.3, 0.4) is 0 Å². The van der Waals surface area contributed by atoms with Gasteiger partial charge in [0.1, 0.15) is 15.8 Å². The van der Waals surface area contributed by atoms with E-state index in [0.29, 0.717) is 5.15 Å². The van der Waals surface area contributed by atoms with Crippen LogP contribution in [0, 0.1) is 0 Å². The van der Waals surface area contributed by atoms with Gasteiger partial charge < -0.3 is 0 Å². The minimum Gasteiger partial charge on any atom is -0.221 e. The number of fused-ring (bicyclic) bond motifs is 1. The fourth-order valence-corrected chi connectivity index (χ4v) is 3.61. The maximum atomic E-state index is 6.28. The molecule has 1 fully saturated rings. The van der Waals surface area contributed by atoms with Crippen LogP contribution in [0.4, 0.5) is 0 Å². The number of halogens is 1. The van der Waals surface area contributed by atoms with E-state index in [1.165, 1.54) is 5.56 Å². The molecule has 1 saturated carbocycles. The molecule has 0 bridgehead atoms. The van der Waals surface area contributed by atoms with Crippen molar-refractivity contribution in [1.29, 1.82) is 0 Å². The predicted octanol–water partition coefficient (Wildman–Crippen LogP) is 4.42. The lowest BCUT2D eigenvalue weighted by atomic mass is 9.95. The molecule has 4 heteroatoms. The Kier molecular flexibility index (Phi) is 2.41. The van der Waals surface area contributed by atoms with E-state index in [0.717, 1.165) is 28.9 Å². The van der Waals surface area contributed by atoms with Crippen molar-refractivity contribution >= 4 is 33.2 Å². The summed E-state index contributed by atoms with van der Waals surface area (Å²) in [7, 11) is 0. The molecule has 2 heterocycles. The summed E-state index contributed by atoms with van der Waals surface area (Å²) < 4.78 is 0. The van der Waals surface area contributed by atoms with E-state index in [9.17, 15) is 0 Å². The van der Waals surface area contributed by atoms with E-state index in [4.69, 9.17) is 16.6 Å². The van der Waals surface area contributed by atoms with E-state index in [-0.39, 0.29) is 5.41 Å². The van der Waals surface area contributed by atoms with Gasteiger partial charge in [-0.05, 0) is 29.9 Å². The lowest BCUT2D eigenvalue weighted by Crippen LogP contribution is -2.13. The average molecular weight is 287 g/mol. The standard InChI is InChI=1S/C15H11ClN2S/c16-12-11-6-9-19-13(11)18-14(17-12)15(7-8-15)10-4-2-1-3-5-10/h1-6,9H,7-8H2. The highest BCUT2D eigenvalue weighted by Gasteiger charge is 2.48. The molecule has 4 rings (SSSR count). The fourth-order valence-electron chi connectivity index (χ4n) is 2.56. The molecule has 0 aliphatic heterocycles. The molecule has 0 N–H and O–H groups in total. The maximum Gasteiger partial charge on any atom is 0.142 e. The Morgan fingerprint density at radius 3 is 2.58 bits per heavy atom. The van der Waals surface area contributed by atoms with Crippen molar-refractivity contribution in [2.24, 2.45) is 0 Å². The van der Waals surface area contributed by atoms with Gasteiger partial charge in [0, 0.05) is 5.39 Å². The van der Waals surface area contributed by atoms with Crippen molar-refractivity contribution in [1.82, 2.24) is 9.97 Å². The summed E-state index contributed by atoms with van der Waals surface area (Å²) in [5.41, 5.74) is 1.28. The second-order valence-electron chi connectivity index (χ2n) is 4.93. The summed E-state index contributed by atoms with van der Waals surface area (Å²) in [6.07, 6.45) is 2.20. The third-order valence-electron chi connectivity index (χ3n) is 3.78. The molecule has 0 unspecified atom stereocenters. The molecule has 2 nitrogen and oxygen atoms in total. The first-order valence-corrected chi connectivity index (χ1v) is 7.52. The van der Waals surface area contributed by atoms with Crippen LogP contribution in [0.1, 0.15) is 24.2 Å². The topological polar surface area (TPSA) is 25.8 Å². The molecule has 94 valence electrons. The predicted molar refractivity (Wildman–Crippen MR) is 78.9 cm³/mol. The Morgan fingerprint density at radius 2 is 1.84 bits per heavy atom. The fraction of sp³-hybridized carbons (Fsp3) is 0.200. The average Bonchev–Trinajstić information content (AvgIpc) is 3.12. The van der Waals surface area contributed by atoms with Crippen molar-refractivity contribution in [2.45, 2.75) is 18.3 Å². The van der Waals surface area contributed by atoms with Gasteiger partial charge in [-0.2, -0.15) is 0 Å². The molecule has 2 aromatic heterocycles. The number of nitrogens with zero attached hydrogens (tertiary/aromatic N) is 2. The summed E-state index contributed by atoms with van der Waals surface area (Å²) in [6.45, 7) is 0. The van der Waals surface area contributed by atoms with Crippen LogP contribution >= 0.6 is 22.9 Å². The van der Waals surface area contributed by atoms with E-state index in [2.05, 4.69) is 29.2 Å². The molecule has 0 spiro atoms. The van der Waals surface area contributed by atoms with Crippen LogP contribution in [0.25, 0.3) is 10.2 Å². The summed E-state index contributed by atoms with van der Waals surface area (Å²) >= 11 is 7.90. The van der Waals surface area contributed by atoms with Crippen molar-refractivity contribution in [3.63, 3.8) is 0 Å². The molecule has 0 amide bonds. The monoisotopic (exact) mass is 286 g/mol. The quantitative estimate of drug-likeness (QED) is 0.652. The molecule has 0 atom stereocenters. The Balaban J connectivity index is 1.91. The Morgan fingerprint density at radius 1 is 1.05 bits per heavy atom. The Hall–Kier alpha value is -1.45. The minimum atomic E-state index is -0.0108. The van der Waals surface area contributed by atoms with Crippen molar-refractivity contribution in [3.8, 4) is 0 Å². The molecule has 0 saturated heterocycles. The molecule has 1 aromatic carbocycles. The third-order valence-corrected chi connectivity index (χ3v) is 4.88. The lowest BCUT2D eigenvalue weighted by molar-refractivity contribution is 0.764. The molecule has 3 aromatic rings. The summed E-state index contributed by atoms with van der Waals surface area (Å²) in [4.78, 5) is 10.3. The van der Waals surface area contributed by atoms with Crippen LogP contribution in [0.5, 0.6) is 0 Å². The van der Waals surface area contributed by atoms with Crippen LogP contribution in [-0.4, -0.2) is 9.97 Å². The number of hydrogen-bond acceptors (Lipinski definition) is 3. The zero-order chi connectivity index (χ0) is 12.9. The van der Waals surface area contributed by atoms with Gasteiger partial charge in [0.05, 0.1) is 5.41 Å². The SMILES string of the molecule is Clc1nc(C2(c3ccccc3)CC2)nc2sccc12. The van der Waals surface area contributed by atoms with Crippen LogP contribution in [0.15, 0.2) is 41.8 Å². The first-order chi connectivity index (χ1) is 9.29. The second kappa shape index (κ2) is 4.02. The van der Waals surface area contributed by atoms with Gasteiger partial charge in [0.2, 0.25) is 0 Å². The molecule has 19 heavy (non-hydrogen) atoms. The van der Waals surface area contributed by atoms with Gasteiger partial charge in [-0.3, -0.25) is 0 Å². The summed E-state index contributed by atoms with van der Waals surface area (Å²) in [6, 6.07) is 12.5. The number of benzene rings is 1. The van der Waals surface area contributed by atoms with E-state index in [1.54, 1.807) is 11.3 Å². The number of rotatable bonds is 2. The zero-order valence-corrected chi connectivity index (χ0v) is 11.7. The molecule has 1 aliphatic rings. The molecular formula is C15H11ClN2S. The van der Waals surface area contributed by atoms with E-state index >= 15 is 0 Å². The highest BCUT2D eigenvalue weighted by Crippen LogP contribution is 2.52. The lowest BCUT2D eigenvalue weighted by Gasteiger charge is -2.14. The minimum absolute atomic E-state index is 0.0108. The number of aromatic nitrogens is 2. The van der Waals surface area contributed by atoms with Crippen LogP contribution < -0.4 is 0 Å². The molecular weight excluding hydrogens is 276 g/mol. The van der Waals surface area contributed by atoms with Crippen molar-refractivity contribution < 1.29 is 0 Å². The smallest absolute Gasteiger partial charge is 0.142 e. The second-order valence-corrected chi connectivity index (χ2v) is 6.18. The zero-order valence-electron chi connectivity index (χ0n) is 10.1. The van der Waals surface area contributed by atoms with Gasteiger partial charge in [0.25, 0.3) is 0 Å². The molecule has 0 radical (unpaired) electrons. The summed E-state index contributed by atoms with van der Waals surface area (Å²) in [5, 5.41) is 3.54. The maximum absolute atomic E-state index is 6.28. The number of thiophene rings is 1. The van der Waals surface area contributed by atoms with Gasteiger partial charge in [0.15, 0.2) is 0 Å². The van der Waals surface area contributed by atoms with Crippen LogP contribution in [-0.2, 0) is 5.41 Å². The summed E-state index contributed by atoms with van der Waals surface area (Å²) in [5.74, 6) is 0.874. The van der Waals surface area contributed by atoms with E-state index < -0.39 is 0 Å². The first-order valence-electron chi connectivity index (χ1n) is 6.26. The van der Waals surface area contributed by atoms with Crippen molar-refractivity contribution in [3.05, 3.63) is 58.3 Å². The van der Waals surface area contributed by atoms with E-state index in [1.807, 2.05) is 17.5 Å². The molecule has 1 aliphatic carbocycles. The number of hydrogen-bond donors (Lipinski definition) is 0. The van der Waals surface area contributed by atoms with Gasteiger partial charge in [-0.1, -0.05) is 41.9 Å². The van der Waals surface area contributed by atoms with Gasteiger partial charge >= 0.3 is 0 Å². The van der Waals surface area contributed by atoms with Gasteiger partial charge in [-0.25, -0.2) is 9.97 Å². The Bertz CT molecular complexity index is 747. The highest BCUT2D eigenvalue weighted by molar-refractivity contribution is 7.16.